The predicted molar refractivity (Wildman–Crippen MR) is 64.3 cm³/mol. The van der Waals surface area contributed by atoms with Gasteiger partial charge < -0.3 is 9.84 Å². The molecule has 1 heterocycles. The number of benzene rings is 1. The summed E-state index contributed by atoms with van der Waals surface area (Å²) in [4.78, 5) is 6.21. The van der Waals surface area contributed by atoms with Gasteiger partial charge in [-0.3, -0.25) is 0 Å². The maximum absolute atomic E-state index is 13.7. The smallest absolute Gasteiger partial charge is 0.451 e. The van der Waals surface area contributed by atoms with Crippen LogP contribution in [0.15, 0.2) is 30.6 Å². The maximum Gasteiger partial charge on any atom is 0.451 e. The third-order valence-electron chi connectivity index (χ3n) is 2.51. The van der Waals surface area contributed by atoms with Crippen LogP contribution < -0.4 is 4.74 Å². The average Bonchev–Trinajstić information content (AvgIpc) is 2.42. The van der Waals surface area contributed by atoms with E-state index >= 15 is 0 Å². The summed E-state index contributed by atoms with van der Waals surface area (Å²) in [7, 11) is 0. The summed E-state index contributed by atoms with van der Waals surface area (Å²) in [5, 5.41) is 8.74. The number of nitrogens with zero attached hydrogens (tertiary/aromatic N) is 2. The molecule has 0 aliphatic rings. The van der Waals surface area contributed by atoms with E-state index < -0.39 is 17.8 Å². The van der Waals surface area contributed by atoms with E-state index in [1.54, 1.807) is 6.07 Å². The molecular formula is C13H10F4N2O2. The van der Waals surface area contributed by atoms with Gasteiger partial charge in [-0.05, 0) is 24.1 Å². The minimum absolute atomic E-state index is 0.114. The van der Waals surface area contributed by atoms with Crippen molar-refractivity contribution in [2.24, 2.45) is 0 Å². The summed E-state index contributed by atoms with van der Waals surface area (Å²) in [6, 6.07) is 4.04. The maximum atomic E-state index is 13.7. The van der Waals surface area contributed by atoms with Crippen molar-refractivity contribution >= 4 is 0 Å². The Balaban J connectivity index is 2.15. The molecule has 8 heteroatoms. The van der Waals surface area contributed by atoms with Gasteiger partial charge in [-0.25, -0.2) is 14.4 Å². The fourth-order valence-electron chi connectivity index (χ4n) is 1.55. The Morgan fingerprint density at radius 1 is 1.14 bits per heavy atom. The van der Waals surface area contributed by atoms with E-state index in [-0.39, 0.29) is 18.1 Å². The second-order valence-corrected chi connectivity index (χ2v) is 4.08. The van der Waals surface area contributed by atoms with Crippen molar-refractivity contribution in [3.05, 3.63) is 47.8 Å². The Morgan fingerprint density at radius 3 is 2.33 bits per heavy atom. The van der Waals surface area contributed by atoms with Crippen molar-refractivity contribution in [2.45, 2.75) is 12.6 Å². The zero-order chi connectivity index (χ0) is 15.5. The molecule has 1 N–H and O–H groups in total. The summed E-state index contributed by atoms with van der Waals surface area (Å²) >= 11 is 0. The third kappa shape index (κ3) is 3.88. The summed E-state index contributed by atoms with van der Waals surface area (Å²) in [6.07, 6.45) is -2.72. The Kier molecular flexibility index (Phi) is 4.37. The fraction of sp³-hybridized carbons (Fsp3) is 0.231. The highest BCUT2D eigenvalue weighted by Gasteiger charge is 2.34. The predicted octanol–water partition coefficient (Wildman–Crippen LogP) is 2.96. The molecule has 0 radical (unpaired) electrons. The molecule has 0 saturated carbocycles. The van der Waals surface area contributed by atoms with Crippen molar-refractivity contribution in [1.29, 1.82) is 0 Å². The van der Waals surface area contributed by atoms with Gasteiger partial charge in [0.15, 0.2) is 17.3 Å². The number of aromatic nitrogens is 2. The van der Waals surface area contributed by atoms with Crippen LogP contribution in [0.3, 0.4) is 0 Å². The van der Waals surface area contributed by atoms with E-state index in [1.165, 1.54) is 12.1 Å². The Bertz CT molecular complexity index is 615. The number of halogens is 4. The molecule has 2 aromatic rings. The average molecular weight is 302 g/mol. The highest BCUT2D eigenvalue weighted by molar-refractivity contribution is 5.33. The van der Waals surface area contributed by atoms with E-state index in [9.17, 15) is 17.6 Å². The number of aliphatic hydroxyl groups is 1. The van der Waals surface area contributed by atoms with Gasteiger partial charge in [0.05, 0.1) is 12.4 Å². The SMILES string of the molecule is OCCc1ccc(Oc2cnc(C(F)(F)F)nc2)c(F)c1. The summed E-state index contributed by atoms with van der Waals surface area (Å²) in [5.74, 6) is -2.27. The number of hydrogen-bond donors (Lipinski definition) is 1. The van der Waals surface area contributed by atoms with E-state index in [4.69, 9.17) is 9.84 Å². The zero-order valence-electron chi connectivity index (χ0n) is 10.6. The number of alkyl halides is 3. The Labute approximate surface area is 117 Å². The van der Waals surface area contributed by atoms with Crippen LogP contribution >= 0.6 is 0 Å². The van der Waals surface area contributed by atoms with Crippen LogP contribution in [-0.2, 0) is 12.6 Å². The first-order valence-electron chi connectivity index (χ1n) is 5.86. The highest BCUT2D eigenvalue weighted by Crippen LogP contribution is 2.28. The van der Waals surface area contributed by atoms with Crippen LogP contribution in [0.1, 0.15) is 11.4 Å². The second kappa shape index (κ2) is 6.04. The minimum Gasteiger partial charge on any atom is -0.451 e. The molecule has 1 aromatic carbocycles. The van der Waals surface area contributed by atoms with Crippen molar-refractivity contribution in [1.82, 2.24) is 9.97 Å². The van der Waals surface area contributed by atoms with Gasteiger partial charge in [0.25, 0.3) is 0 Å². The van der Waals surface area contributed by atoms with Crippen LogP contribution in [0.4, 0.5) is 17.6 Å². The van der Waals surface area contributed by atoms with Crippen molar-refractivity contribution < 1.29 is 27.4 Å². The lowest BCUT2D eigenvalue weighted by atomic mass is 10.1. The van der Waals surface area contributed by atoms with Crippen LogP contribution in [0, 0.1) is 5.82 Å². The topological polar surface area (TPSA) is 55.2 Å². The Morgan fingerprint density at radius 2 is 1.81 bits per heavy atom. The van der Waals surface area contributed by atoms with Gasteiger partial charge >= 0.3 is 6.18 Å². The van der Waals surface area contributed by atoms with Gasteiger partial charge in [-0.15, -0.1) is 0 Å². The van der Waals surface area contributed by atoms with E-state index in [1.807, 2.05) is 0 Å². The normalized spacial score (nSPS) is 11.5. The summed E-state index contributed by atoms with van der Waals surface area (Å²) in [6.45, 7) is -0.119. The number of hydrogen-bond acceptors (Lipinski definition) is 4. The van der Waals surface area contributed by atoms with Crippen LogP contribution in [-0.4, -0.2) is 21.7 Å². The molecular weight excluding hydrogens is 292 g/mol. The van der Waals surface area contributed by atoms with Crippen LogP contribution in [0.5, 0.6) is 11.5 Å². The Hall–Kier alpha value is -2.22. The van der Waals surface area contributed by atoms with Gasteiger partial charge in [0.2, 0.25) is 5.82 Å². The lowest BCUT2D eigenvalue weighted by Gasteiger charge is -2.09. The lowest BCUT2D eigenvalue weighted by Crippen LogP contribution is -2.10. The van der Waals surface area contributed by atoms with Crippen LogP contribution in [0.25, 0.3) is 0 Å². The summed E-state index contributed by atoms with van der Waals surface area (Å²) < 4.78 is 55.6. The van der Waals surface area contributed by atoms with Crippen molar-refractivity contribution in [3.63, 3.8) is 0 Å². The summed E-state index contributed by atoms with van der Waals surface area (Å²) in [5.41, 5.74) is 0.575. The van der Waals surface area contributed by atoms with Gasteiger partial charge in [0.1, 0.15) is 0 Å². The molecule has 0 fully saturated rings. The van der Waals surface area contributed by atoms with Crippen LogP contribution in [0.2, 0.25) is 0 Å². The monoisotopic (exact) mass is 302 g/mol. The lowest BCUT2D eigenvalue weighted by molar-refractivity contribution is -0.145. The van der Waals surface area contributed by atoms with Gasteiger partial charge in [-0.2, -0.15) is 13.2 Å². The third-order valence-corrected chi connectivity index (χ3v) is 2.51. The molecule has 0 spiro atoms. The quantitative estimate of drug-likeness (QED) is 0.882. The zero-order valence-corrected chi connectivity index (χ0v) is 10.6. The molecule has 0 amide bonds. The van der Waals surface area contributed by atoms with E-state index in [0.717, 1.165) is 12.4 Å². The molecule has 0 saturated heterocycles. The van der Waals surface area contributed by atoms with Gasteiger partial charge in [0, 0.05) is 6.61 Å². The molecule has 0 unspecified atom stereocenters. The highest BCUT2D eigenvalue weighted by atomic mass is 19.4. The molecule has 0 bridgehead atoms. The number of rotatable bonds is 4. The first kappa shape index (κ1) is 15.2. The molecule has 1 aromatic heterocycles. The second-order valence-electron chi connectivity index (χ2n) is 4.08. The standard InChI is InChI=1S/C13H10F4N2O2/c14-10-5-8(3-4-20)1-2-11(10)21-9-6-18-12(19-7-9)13(15,16)17/h1-2,5-7,20H,3-4H2. The number of ether oxygens (including phenoxy) is 1. The first-order valence-corrected chi connectivity index (χ1v) is 5.86. The molecule has 0 aliphatic carbocycles. The van der Waals surface area contributed by atoms with E-state index in [2.05, 4.69) is 9.97 Å². The van der Waals surface area contributed by atoms with Gasteiger partial charge in [-0.1, -0.05) is 6.07 Å². The molecule has 0 atom stereocenters. The van der Waals surface area contributed by atoms with Crippen molar-refractivity contribution in [3.8, 4) is 11.5 Å². The first-order chi connectivity index (χ1) is 9.90. The molecule has 21 heavy (non-hydrogen) atoms. The molecule has 4 nitrogen and oxygen atoms in total. The molecule has 2 rings (SSSR count). The van der Waals surface area contributed by atoms with Crippen molar-refractivity contribution in [2.75, 3.05) is 6.61 Å². The molecule has 112 valence electrons. The molecule has 0 aliphatic heterocycles. The minimum atomic E-state index is -4.64. The van der Waals surface area contributed by atoms with E-state index in [0.29, 0.717) is 12.0 Å². The number of aliphatic hydroxyl groups excluding tert-OH is 1. The largest absolute Gasteiger partial charge is 0.451 e. The fourth-order valence-corrected chi connectivity index (χ4v) is 1.55.